The van der Waals surface area contributed by atoms with Gasteiger partial charge in [0.05, 0.1) is 11.2 Å². The fraction of sp³-hybridized carbons (Fsp3) is 0.400. The van der Waals surface area contributed by atoms with Crippen LogP contribution in [0.3, 0.4) is 0 Å². The SMILES string of the molecule is CCN1CCN(c2ccc(N)c3cc(Br)cnc23)CC1. The number of nitrogens with zero attached hydrogens (tertiary/aromatic N) is 3. The zero-order valence-electron chi connectivity index (χ0n) is 11.6. The highest BCUT2D eigenvalue weighted by Crippen LogP contribution is 2.31. The van der Waals surface area contributed by atoms with Crippen molar-refractivity contribution in [3.63, 3.8) is 0 Å². The number of pyridine rings is 1. The summed E-state index contributed by atoms with van der Waals surface area (Å²) in [6.07, 6.45) is 1.84. The molecular weight excluding hydrogens is 316 g/mol. The van der Waals surface area contributed by atoms with Crippen molar-refractivity contribution in [1.29, 1.82) is 0 Å². The van der Waals surface area contributed by atoms with Crippen LogP contribution in [0, 0.1) is 0 Å². The van der Waals surface area contributed by atoms with E-state index in [1.54, 1.807) is 0 Å². The topological polar surface area (TPSA) is 45.4 Å². The van der Waals surface area contributed by atoms with Gasteiger partial charge in [0.15, 0.2) is 0 Å². The van der Waals surface area contributed by atoms with Crippen LogP contribution in [0.1, 0.15) is 6.92 Å². The third kappa shape index (κ3) is 2.47. The fourth-order valence-electron chi connectivity index (χ4n) is 2.76. The van der Waals surface area contributed by atoms with E-state index in [2.05, 4.69) is 43.7 Å². The summed E-state index contributed by atoms with van der Waals surface area (Å²) in [4.78, 5) is 9.46. The van der Waals surface area contributed by atoms with Crippen LogP contribution in [0.25, 0.3) is 10.9 Å². The summed E-state index contributed by atoms with van der Waals surface area (Å²) in [7, 11) is 0. The molecule has 0 saturated carbocycles. The van der Waals surface area contributed by atoms with Crippen molar-refractivity contribution in [2.45, 2.75) is 6.92 Å². The molecule has 2 aromatic rings. The van der Waals surface area contributed by atoms with E-state index in [1.165, 1.54) is 5.69 Å². The van der Waals surface area contributed by atoms with Crippen LogP contribution < -0.4 is 10.6 Å². The first-order chi connectivity index (χ1) is 9.69. The number of anilines is 2. The minimum absolute atomic E-state index is 0.782. The molecule has 2 N–H and O–H groups in total. The van der Waals surface area contributed by atoms with Gasteiger partial charge in [-0.2, -0.15) is 0 Å². The average Bonchev–Trinajstić information content (AvgIpc) is 2.48. The van der Waals surface area contributed by atoms with Gasteiger partial charge in [-0.1, -0.05) is 6.92 Å². The Morgan fingerprint density at radius 3 is 2.70 bits per heavy atom. The largest absolute Gasteiger partial charge is 0.398 e. The highest BCUT2D eigenvalue weighted by atomic mass is 79.9. The molecule has 3 rings (SSSR count). The lowest BCUT2D eigenvalue weighted by Gasteiger charge is -2.35. The Balaban J connectivity index is 1.98. The molecule has 1 aliphatic heterocycles. The highest BCUT2D eigenvalue weighted by molar-refractivity contribution is 9.10. The Kier molecular flexibility index (Phi) is 3.81. The number of likely N-dealkylation sites (N-methyl/N-ethyl adjacent to an activating group) is 1. The number of halogens is 1. The zero-order chi connectivity index (χ0) is 14.1. The highest BCUT2D eigenvalue weighted by Gasteiger charge is 2.18. The predicted molar refractivity (Wildman–Crippen MR) is 88.2 cm³/mol. The van der Waals surface area contributed by atoms with Gasteiger partial charge >= 0.3 is 0 Å². The van der Waals surface area contributed by atoms with Gasteiger partial charge in [0.1, 0.15) is 0 Å². The van der Waals surface area contributed by atoms with Crippen LogP contribution in [0.15, 0.2) is 28.9 Å². The molecule has 5 heteroatoms. The second-order valence-electron chi connectivity index (χ2n) is 5.14. The van der Waals surface area contributed by atoms with E-state index >= 15 is 0 Å². The quantitative estimate of drug-likeness (QED) is 0.857. The van der Waals surface area contributed by atoms with Gasteiger partial charge in [-0.05, 0) is 40.7 Å². The van der Waals surface area contributed by atoms with Crippen molar-refractivity contribution < 1.29 is 0 Å². The fourth-order valence-corrected chi connectivity index (χ4v) is 3.09. The first kappa shape index (κ1) is 13.6. The summed E-state index contributed by atoms with van der Waals surface area (Å²) >= 11 is 3.47. The van der Waals surface area contributed by atoms with Gasteiger partial charge in [-0.3, -0.25) is 4.98 Å². The molecule has 0 atom stereocenters. The van der Waals surface area contributed by atoms with E-state index in [1.807, 2.05) is 18.3 Å². The molecule has 1 aromatic heterocycles. The molecule has 106 valence electrons. The molecule has 2 heterocycles. The Morgan fingerprint density at radius 2 is 2.00 bits per heavy atom. The summed E-state index contributed by atoms with van der Waals surface area (Å²) in [5, 5.41) is 1.02. The Morgan fingerprint density at radius 1 is 1.25 bits per heavy atom. The first-order valence-corrected chi connectivity index (χ1v) is 7.79. The van der Waals surface area contributed by atoms with E-state index in [0.717, 1.165) is 53.8 Å². The Hall–Kier alpha value is -1.33. The molecule has 4 nitrogen and oxygen atoms in total. The van der Waals surface area contributed by atoms with Gasteiger partial charge in [0.25, 0.3) is 0 Å². The second kappa shape index (κ2) is 5.58. The van der Waals surface area contributed by atoms with Gasteiger partial charge < -0.3 is 15.5 Å². The number of rotatable bonds is 2. The summed E-state index contributed by atoms with van der Waals surface area (Å²) in [5.74, 6) is 0. The van der Waals surface area contributed by atoms with Crippen LogP contribution in [0.4, 0.5) is 11.4 Å². The number of hydrogen-bond donors (Lipinski definition) is 1. The molecule has 0 aliphatic carbocycles. The van der Waals surface area contributed by atoms with Gasteiger partial charge in [0, 0.05) is 47.9 Å². The molecule has 1 aliphatic rings. The maximum absolute atomic E-state index is 6.08. The van der Waals surface area contributed by atoms with Crippen molar-refractivity contribution in [2.24, 2.45) is 0 Å². The van der Waals surface area contributed by atoms with Crippen molar-refractivity contribution in [3.8, 4) is 0 Å². The number of nitrogen functional groups attached to an aromatic ring is 1. The lowest BCUT2D eigenvalue weighted by atomic mass is 10.1. The Bertz CT molecular complexity index is 621. The van der Waals surface area contributed by atoms with Crippen LogP contribution >= 0.6 is 15.9 Å². The number of nitrogens with two attached hydrogens (primary N) is 1. The van der Waals surface area contributed by atoms with Crippen molar-refractivity contribution in [3.05, 3.63) is 28.9 Å². The number of piperazine rings is 1. The summed E-state index contributed by atoms with van der Waals surface area (Å²) in [5.41, 5.74) is 9.05. The normalized spacial score (nSPS) is 16.8. The number of aromatic nitrogens is 1. The molecule has 1 fully saturated rings. The van der Waals surface area contributed by atoms with Crippen LogP contribution in [0.2, 0.25) is 0 Å². The molecule has 0 spiro atoms. The summed E-state index contributed by atoms with van der Waals surface area (Å²) < 4.78 is 0.963. The van der Waals surface area contributed by atoms with E-state index in [-0.39, 0.29) is 0 Å². The third-order valence-electron chi connectivity index (χ3n) is 3.99. The smallest absolute Gasteiger partial charge is 0.0956 e. The summed E-state index contributed by atoms with van der Waals surface area (Å²) in [6, 6.07) is 6.13. The molecule has 1 saturated heterocycles. The molecule has 0 bridgehead atoms. The van der Waals surface area contributed by atoms with E-state index in [9.17, 15) is 0 Å². The van der Waals surface area contributed by atoms with Gasteiger partial charge in [-0.25, -0.2) is 0 Å². The lowest BCUT2D eigenvalue weighted by Crippen LogP contribution is -2.46. The maximum Gasteiger partial charge on any atom is 0.0956 e. The lowest BCUT2D eigenvalue weighted by molar-refractivity contribution is 0.271. The zero-order valence-corrected chi connectivity index (χ0v) is 13.2. The standard InChI is InChI=1S/C15H19BrN4/c1-2-19-5-7-20(8-6-19)14-4-3-13(17)12-9-11(16)10-18-15(12)14/h3-4,9-10H,2,5-8,17H2,1H3. The molecular formula is C15H19BrN4. The first-order valence-electron chi connectivity index (χ1n) is 7.00. The molecule has 0 amide bonds. The third-order valence-corrected chi connectivity index (χ3v) is 4.42. The Labute approximate surface area is 127 Å². The predicted octanol–water partition coefficient (Wildman–Crippen LogP) is 2.72. The molecule has 0 unspecified atom stereocenters. The number of fused-ring (bicyclic) bond motifs is 1. The molecule has 20 heavy (non-hydrogen) atoms. The van der Waals surface area contributed by atoms with Crippen molar-refractivity contribution in [2.75, 3.05) is 43.4 Å². The monoisotopic (exact) mass is 334 g/mol. The number of hydrogen-bond acceptors (Lipinski definition) is 4. The van der Waals surface area contributed by atoms with E-state index < -0.39 is 0 Å². The van der Waals surface area contributed by atoms with E-state index in [4.69, 9.17) is 5.73 Å². The van der Waals surface area contributed by atoms with Crippen LogP contribution in [0.5, 0.6) is 0 Å². The average molecular weight is 335 g/mol. The molecule has 1 aromatic carbocycles. The van der Waals surface area contributed by atoms with Crippen molar-refractivity contribution in [1.82, 2.24) is 9.88 Å². The molecule has 0 radical (unpaired) electrons. The minimum atomic E-state index is 0.782. The summed E-state index contributed by atoms with van der Waals surface area (Å²) in [6.45, 7) is 7.65. The minimum Gasteiger partial charge on any atom is -0.398 e. The number of benzene rings is 1. The van der Waals surface area contributed by atoms with E-state index in [0.29, 0.717) is 0 Å². The van der Waals surface area contributed by atoms with Crippen LogP contribution in [-0.4, -0.2) is 42.6 Å². The van der Waals surface area contributed by atoms with Gasteiger partial charge in [0.2, 0.25) is 0 Å². The second-order valence-corrected chi connectivity index (χ2v) is 6.06. The van der Waals surface area contributed by atoms with Crippen molar-refractivity contribution >= 4 is 38.2 Å². The maximum atomic E-state index is 6.08. The van der Waals surface area contributed by atoms with Crippen LogP contribution in [-0.2, 0) is 0 Å². The van der Waals surface area contributed by atoms with Gasteiger partial charge in [-0.15, -0.1) is 0 Å².